The number of carbonyl (C=O) groups excluding carboxylic acids is 1. The Kier molecular flexibility index (Phi) is 1.26. The van der Waals surface area contributed by atoms with Crippen LogP contribution in [0.4, 0.5) is 0 Å². The molecule has 2 nitrogen and oxygen atoms in total. The molecule has 2 aliphatic carbocycles. The SMILES string of the molecule is CC1(C)OC(=O)[C@]2(C)[C@@H]3C=C[C@@H](C3)[C@H]12. The molecule has 0 aromatic heterocycles. The molecule has 0 unspecified atom stereocenters. The van der Waals surface area contributed by atoms with Crippen molar-refractivity contribution in [1.82, 2.24) is 0 Å². The molecular weight excluding hydrogens is 176 g/mol. The maximum Gasteiger partial charge on any atom is 0.313 e. The van der Waals surface area contributed by atoms with Gasteiger partial charge in [-0.3, -0.25) is 4.79 Å². The summed E-state index contributed by atoms with van der Waals surface area (Å²) in [5.41, 5.74) is -0.501. The van der Waals surface area contributed by atoms with E-state index in [1.807, 2.05) is 0 Å². The zero-order chi connectivity index (χ0) is 10.1. The topological polar surface area (TPSA) is 26.3 Å². The Labute approximate surface area is 84.3 Å². The number of hydrogen-bond acceptors (Lipinski definition) is 2. The van der Waals surface area contributed by atoms with E-state index < -0.39 is 0 Å². The van der Waals surface area contributed by atoms with Crippen molar-refractivity contribution in [3.05, 3.63) is 12.2 Å². The van der Waals surface area contributed by atoms with Crippen LogP contribution in [0, 0.1) is 23.2 Å². The summed E-state index contributed by atoms with van der Waals surface area (Å²) in [5, 5.41) is 0. The summed E-state index contributed by atoms with van der Waals surface area (Å²) in [7, 11) is 0. The monoisotopic (exact) mass is 192 g/mol. The highest BCUT2D eigenvalue weighted by Crippen LogP contribution is 2.64. The fraction of sp³-hybridized carbons (Fsp3) is 0.750. The molecule has 0 spiro atoms. The quantitative estimate of drug-likeness (QED) is 0.434. The number of fused-ring (bicyclic) bond motifs is 5. The molecule has 3 aliphatic rings. The van der Waals surface area contributed by atoms with Crippen LogP contribution in [-0.2, 0) is 9.53 Å². The van der Waals surface area contributed by atoms with Crippen molar-refractivity contribution in [2.24, 2.45) is 23.2 Å². The van der Waals surface area contributed by atoms with Crippen LogP contribution < -0.4 is 0 Å². The fourth-order valence-electron chi connectivity index (χ4n) is 4.02. The van der Waals surface area contributed by atoms with E-state index in [1.165, 1.54) is 0 Å². The summed E-state index contributed by atoms with van der Waals surface area (Å²) in [4.78, 5) is 11.9. The summed E-state index contributed by atoms with van der Waals surface area (Å²) in [5.74, 6) is 1.39. The first-order valence-corrected chi connectivity index (χ1v) is 5.38. The van der Waals surface area contributed by atoms with E-state index in [0.717, 1.165) is 6.42 Å². The molecular formula is C12H16O2. The number of rotatable bonds is 0. The molecule has 14 heavy (non-hydrogen) atoms. The van der Waals surface area contributed by atoms with Crippen LogP contribution >= 0.6 is 0 Å². The van der Waals surface area contributed by atoms with Gasteiger partial charge in [0.1, 0.15) is 5.60 Å². The highest BCUT2D eigenvalue weighted by molar-refractivity contribution is 5.82. The Balaban J connectivity index is 2.15. The van der Waals surface area contributed by atoms with Crippen LogP contribution in [0.2, 0.25) is 0 Å². The molecule has 0 N–H and O–H groups in total. The van der Waals surface area contributed by atoms with Crippen LogP contribution in [0.15, 0.2) is 12.2 Å². The zero-order valence-corrected chi connectivity index (χ0v) is 8.91. The summed E-state index contributed by atoms with van der Waals surface area (Å²) in [6, 6.07) is 0. The first-order valence-electron chi connectivity index (χ1n) is 5.38. The van der Waals surface area contributed by atoms with Gasteiger partial charge in [-0.05, 0) is 39.0 Å². The first kappa shape index (κ1) is 8.51. The molecule has 2 heteroatoms. The fourth-order valence-corrected chi connectivity index (χ4v) is 4.02. The second kappa shape index (κ2) is 2.07. The summed E-state index contributed by atoms with van der Waals surface area (Å²) in [6.45, 7) is 6.19. The minimum Gasteiger partial charge on any atom is -0.459 e. The average molecular weight is 192 g/mol. The lowest BCUT2D eigenvalue weighted by molar-refractivity contribution is -0.153. The van der Waals surface area contributed by atoms with Crippen LogP contribution in [0.5, 0.6) is 0 Å². The second-order valence-corrected chi connectivity index (χ2v) is 5.64. The van der Waals surface area contributed by atoms with Gasteiger partial charge in [-0.25, -0.2) is 0 Å². The molecule has 2 fully saturated rings. The van der Waals surface area contributed by atoms with Gasteiger partial charge < -0.3 is 4.74 Å². The molecule has 0 amide bonds. The van der Waals surface area contributed by atoms with E-state index in [0.29, 0.717) is 17.8 Å². The number of ether oxygens (including phenoxy) is 1. The van der Waals surface area contributed by atoms with Crippen molar-refractivity contribution in [2.75, 3.05) is 0 Å². The minimum absolute atomic E-state index is 0.0179. The van der Waals surface area contributed by atoms with Gasteiger partial charge in [-0.1, -0.05) is 12.2 Å². The summed E-state index contributed by atoms with van der Waals surface area (Å²) >= 11 is 0. The third-order valence-corrected chi connectivity index (χ3v) is 4.51. The van der Waals surface area contributed by atoms with E-state index >= 15 is 0 Å². The van der Waals surface area contributed by atoms with E-state index in [1.54, 1.807) is 0 Å². The van der Waals surface area contributed by atoms with Gasteiger partial charge in [-0.15, -0.1) is 0 Å². The third kappa shape index (κ3) is 0.688. The van der Waals surface area contributed by atoms with Crippen LogP contribution in [0.1, 0.15) is 27.2 Å². The van der Waals surface area contributed by atoms with E-state index in [-0.39, 0.29) is 17.0 Å². The molecule has 1 saturated carbocycles. The first-order chi connectivity index (χ1) is 6.46. The number of esters is 1. The van der Waals surface area contributed by atoms with Crippen molar-refractivity contribution in [3.8, 4) is 0 Å². The molecule has 0 radical (unpaired) electrons. The number of hydrogen-bond donors (Lipinski definition) is 0. The Morgan fingerprint density at radius 1 is 1.36 bits per heavy atom. The molecule has 1 aliphatic heterocycles. The summed E-state index contributed by atoms with van der Waals surface area (Å²) < 4.78 is 5.52. The maximum absolute atomic E-state index is 11.9. The lowest BCUT2D eigenvalue weighted by Gasteiger charge is -2.33. The van der Waals surface area contributed by atoms with E-state index in [4.69, 9.17) is 4.74 Å². The van der Waals surface area contributed by atoms with E-state index in [2.05, 4.69) is 32.9 Å². The van der Waals surface area contributed by atoms with Crippen LogP contribution in [0.3, 0.4) is 0 Å². The smallest absolute Gasteiger partial charge is 0.313 e. The largest absolute Gasteiger partial charge is 0.459 e. The Hall–Kier alpha value is -0.790. The van der Waals surface area contributed by atoms with Gasteiger partial charge in [0.2, 0.25) is 0 Å². The minimum atomic E-state index is -0.268. The number of carbonyl (C=O) groups is 1. The van der Waals surface area contributed by atoms with Crippen molar-refractivity contribution >= 4 is 5.97 Å². The van der Waals surface area contributed by atoms with Crippen molar-refractivity contribution in [1.29, 1.82) is 0 Å². The van der Waals surface area contributed by atoms with Gasteiger partial charge >= 0.3 is 5.97 Å². The predicted octanol–water partition coefficient (Wildman–Crippen LogP) is 2.15. The summed E-state index contributed by atoms with van der Waals surface area (Å²) in [6.07, 6.45) is 5.64. The standard InChI is InChI=1S/C12H16O2/c1-11(2)9-7-4-5-8(6-7)12(9,3)10(13)14-11/h4-5,7-9H,6H2,1-3H3/t7-,8+,9+,12+/m0/s1. The molecule has 4 atom stereocenters. The van der Waals surface area contributed by atoms with Gasteiger partial charge in [-0.2, -0.15) is 0 Å². The zero-order valence-electron chi connectivity index (χ0n) is 8.91. The molecule has 0 aromatic rings. The highest BCUT2D eigenvalue weighted by atomic mass is 16.6. The Morgan fingerprint density at radius 3 is 2.71 bits per heavy atom. The Morgan fingerprint density at radius 2 is 2.07 bits per heavy atom. The van der Waals surface area contributed by atoms with Crippen molar-refractivity contribution < 1.29 is 9.53 Å². The van der Waals surface area contributed by atoms with Crippen LogP contribution in [0.25, 0.3) is 0 Å². The Bertz CT molecular complexity index is 342. The molecule has 1 saturated heterocycles. The van der Waals surface area contributed by atoms with Gasteiger partial charge in [0.05, 0.1) is 5.41 Å². The van der Waals surface area contributed by atoms with Gasteiger partial charge in [0.15, 0.2) is 0 Å². The van der Waals surface area contributed by atoms with Crippen molar-refractivity contribution in [2.45, 2.75) is 32.8 Å². The van der Waals surface area contributed by atoms with Gasteiger partial charge in [0, 0.05) is 5.92 Å². The van der Waals surface area contributed by atoms with Gasteiger partial charge in [0.25, 0.3) is 0 Å². The number of allylic oxidation sites excluding steroid dienone is 2. The molecule has 0 aromatic carbocycles. The molecule has 1 heterocycles. The molecule has 2 bridgehead atoms. The van der Waals surface area contributed by atoms with Crippen molar-refractivity contribution in [3.63, 3.8) is 0 Å². The normalized spacial score (nSPS) is 52.2. The lowest BCUT2D eigenvalue weighted by atomic mass is 9.66. The van der Waals surface area contributed by atoms with E-state index in [9.17, 15) is 4.79 Å². The third-order valence-electron chi connectivity index (χ3n) is 4.51. The molecule has 3 rings (SSSR count). The average Bonchev–Trinajstić information content (AvgIpc) is 2.64. The maximum atomic E-state index is 11.9. The lowest BCUT2D eigenvalue weighted by Crippen LogP contribution is -2.38. The second-order valence-electron chi connectivity index (χ2n) is 5.64. The highest BCUT2D eigenvalue weighted by Gasteiger charge is 2.68. The molecule has 76 valence electrons. The van der Waals surface area contributed by atoms with Crippen LogP contribution in [-0.4, -0.2) is 11.6 Å². The number of cyclic esters (lactones) is 1. The predicted molar refractivity (Wildman–Crippen MR) is 52.5 cm³/mol.